The molecule has 0 aromatic carbocycles. The fraction of sp³-hybridized carbons (Fsp3) is 0.750. The van der Waals surface area contributed by atoms with Gasteiger partial charge >= 0.3 is 5.97 Å². The number of ketones is 1. The van der Waals surface area contributed by atoms with Crippen molar-refractivity contribution in [2.75, 3.05) is 11.5 Å². The van der Waals surface area contributed by atoms with Gasteiger partial charge in [0, 0.05) is 6.42 Å². The molecular formula is C8H14O5S. The first-order valence-electron chi connectivity index (χ1n) is 4.25. The van der Waals surface area contributed by atoms with Gasteiger partial charge in [-0.1, -0.05) is 0 Å². The van der Waals surface area contributed by atoms with Crippen molar-refractivity contribution in [1.82, 2.24) is 0 Å². The van der Waals surface area contributed by atoms with Crippen LogP contribution >= 0.6 is 0 Å². The first-order chi connectivity index (χ1) is 6.33. The van der Waals surface area contributed by atoms with Crippen LogP contribution < -0.4 is 0 Å². The van der Waals surface area contributed by atoms with Crippen molar-refractivity contribution in [3.63, 3.8) is 0 Å². The lowest BCUT2D eigenvalue weighted by molar-refractivity contribution is -0.137. The number of carboxylic acid groups (broad SMARTS) is 1. The lowest BCUT2D eigenvalue weighted by Crippen LogP contribution is -2.16. The van der Waals surface area contributed by atoms with Gasteiger partial charge in [0.15, 0.2) is 9.84 Å². The van der Waals surface area contributed by atoms with Crippen LogP contribution in [0.3, 0.4) is 0 Å². The van der Waals surface area contributed by atoms with Gasteiger partial charge in [-0.2, -0.15) is 0 Å². The number of unbranched alkanes of at least 4 members (excludes halogenated alkanes) is 1. The van der Waals surface area contributed by atoms with Crippen LogP contribution in [0.2, 0.25) is 0 Å². The third kappa shape index (κ3) is 7.72. The molecule has 0 aromatic rings. The van der Waals surface area contributed by atoms with Gasteiger partial charge < -0.3 is 5.11 Å². The second kappa shape index (κ2) is 5.74. The maximum Gasteiger partial charge on any atom is 0.303 e. The van der Waals surface area contributed by atoms with Gasteiger partial charge in [0.1, 0.15) is 11.5 Å². The van der Waals surface area contributed by atoms with E-state index in [2.05, 4.69) is 0 Å². The fourth-order valence-corrected chi connectivity index (χ4v) is 2.39. The molecule has 0 rings (SSSR count). The Labute approximate surface area is 83.0 Å². The molecule has 0 fully saturated rings. The van der Waals surface area contributed by atoms with E-state index >= 15 is 0 Å². The molecule has 0 atom stereocenters. The Bertz CT molecular complexity index is 304. The molecule has 0 bridgehead atoms. The van der Waals surface area contributed by atoms with Gasteiger partial charge in [-0.05, 0) is 19.8 Å². The monoisotopic (exact) mass is 222 g/mol. The smallest absolute Gasteiger partial charge is 0.303 e. The number of Topliss-reactive ketones (excluding diaryl/α,β-unsaturated/α-hetero) is 1. The highest BCUT2D eigenvalue weighted by atomic mass is 32.2. The minimum absolute atomic E-state index is 0.0322. The molecule has 0 saturated heterocycles. The van der Waals surface area contributed by atoms with Crippen molar-refractivity contribution in [2.24, 2.45) is 0 Å². The Morgan fingerprint density at radius 2 is 1.79 bits per heavy atom. The number of hydrogen-bond acceptors (Lipinski definition) is 4. The summed E-state index contributed by atoms with van der Waals surface area (Å²) < 4.78 is 22.2. The number of carboxylic acids is 1. The summed E-state index contributed by atoms with van der Waals surface area (Å²) in [6, 6.07) is 0. The van der Waals surface area contributed by atoms with E-state index < -0.39 is 21.6 Å². The number of hydrogen-bond donors (Lipinski definition) is 1. The van der Waals surface area contributed by atoms with E-state index in [4.69, 9.17) is 5.11 Å². The normalized spacial score (nSPS) is 11.2. The molecule has 0 aliphatic carbocycles. The molecule has 0 saturated carbocycles. The number of carbonyl (C=O) groups excluding carboxylic acids is 1. The van der Waals surface area contributed by atoms with Crippen LogP contribution in [-0.4, -0.2) is 36.8 Å². The average molecular weight is 222 g/mol. The molecule has 0 heterocycles. The van der Waals surface area contributed by atoms with Crippen LogP contribution in [0, 0.1) is 0 Å². The first kappa shape index (κ1) is 13.1. The highest BCUT2D eigenvalue weighted by Gasteiger charge is 2.13. The molecule has 0 amide bonds. The minimum atomic E-state index is -3.32. The van der Waals surface area contributed by atoms with E-state index in [1.54, 1.807) is 0 Å². The topological polar surface area (TPSA) is 88.5 Å². The summed E-state index contributed by atoms with van der Waals surface area (Å²) >= 11 is 0. The van der Waals surface area contributed by atoms with Gasteiger partial charge in [0.2, 0.25) is 0 Å². The van der Waals surface area contributed by atoms with Gasteiger partial charge in [-0.3, -0.25) is 9.59 Å². The Hall–Kier alpha value is -0.910. The zero-order valence-electron chi connectivity index (χ0n) is 8.02. The lowest BCUT2D eigenvalue weighted by atomic mass is 10.3. The van der Waals surface area contributed by atoms with E-state index in [1.807, 2.05) is 0 Å². The van der Waals surface area contributed by atoms with Gasteiger partial charge in [0.25, 0.3) is 0 Å². The van der Waals surface area contributed by atoms with Crippen molar-refractivity contribution in [1.29, 1.82) is 0 Å². The van der Waals surface area contributed by atoms with Gasteiger partial charge in [-0.15, -0.1) is 0 Å². The molecule has 6 heteroatoms. The maximum atomic E-state index is 11.1. The van der Waals surface area contributed by atoms with Crippen LogP contribution in [0.5, 0.6) is 0 Å². The molecular weight excluding hydrogens is 208 g/mol. The van der Waals surface area contributed by atoms with Gasteiger partial charge in [-0.25, -0.2) is 8.42 Å². The number of carbonyl (C=O) groups is 2. The maximum absolute atomic E-state index is 11.1. The summed E-state index contributed by atoms with van der Waals surface area (Å²) in [5.41, 5.74) is 0. The standard InChI is InChI=1S/C8H14O5S/c1-7(9)6-14(12,13)5-3-2-4-8(10)11/h2-6H2,1H3,(H,10,11). The molecule has 0 radical (unpaired) electrons. The van der Waals surface area contributed by atoms with E-state index in [0.29, 0.717) is 12.8 Å². The van der Waals surface area contributed by atoms with E-state index in [1.165, 1.54) is 6.92 Å². The Morgan fingerprint density at radius 1 is 1.21 bits per heavy atom. The number of sulfone groups is 1. The summed E-state index contributed by atoms with van der Waals surface area (Å²) in [6.07, 6.45) is 0.587. The SMILES string of the molecule is CC(=O)CS(=O)(=O)CCCCC(=O)O. The van der Waals surface area contributed by atoms with Crippen molar-refractivity contribution in [2.45, 2.75) is 26.2 Å². The second-order valence-corrected chi connectivity index (χ2v) is 5.33. The quantitative estimate of drug-likeness (QED) is 0.623. The van der Waals surface area contributed by atoms with E-state index in [0.717, 1.165) is 0 Å². The molecule has 82 valence electrons. The molecule has 0 unspecified atom stereocenters. The van der Waals surface area contributed by atoms with Crippen molar-refractivity contribution >= 4 is 21.6 Å². The highest BCUT2D eigenvalue weighted by molar-refractivity contribution is 7.92. The number of rotatable bonds is 7. The predicted octanol–water partition coefficient (Wildman–Crippen LogP) is 0.245. The lowest BCUT2D eigenvalue weighted by Gasteiger charge is -2.00. The van der Waals surface area contributed by atoms with Crippen LogP contribution in [-0.2, 0) is 19.4 Å². The van der Waals surface area contributed by atoms with Crippen molar-refractivity contribution in [3.05, 3.63) is 0 Å². The summed E-state index contributed by atoms with van der Waals surface area (Å²) in [6.45, 7) is 1.22. The van der Waals surface area contributed by atoms with Crippen LogP contribution in [0.4, 0.5) is 0 Å². The molecule has 0 aromatic heterocycles. The zero-order valence-corrected chi connectivity index (χ0v) is 8.84. The average Bonchev–Trinajstić information content (AvgIpc) is 1.95. The zero-order chi connectivity index (χ0) is 11.2. The Kier molecular flexibility index (Phi) is 5.37. The van der Waals surface area contributed by atoms with Crippen molar-refractivity contribution in [3.8, 4) is 0 Å². The summed E-state index contributed by atoms with van der Waals surface area (Å²) in [5.74, 6) is -1.88. The van der Waals surface area contributed by atoms with Crippen molar-refractivity contribution < 1.29 is 23.1 Å². The molecule has 0 aliphatic heterocycles. The molecule has 14 heavy (non-hydrogen) atoms. The predicted molar refractivity (Wildman–Crippen MR) is 50.8 cm³/mol. The van der Waals surface area contributed by atoms with Crippen LogP contribution in [0.1, 0.15) is 26.2 Å². The van der Waals surface area contributed by atoms with Crippen LogP contribution in [0.25, 0.3) is 0 Å². The minimum Gasteiger partial charge on any atom is -0.481 e. The Morgan fingerprint density at radius 3 is 2.21 bits per heavy atom. The molecule has 0 aliphatic rings. The summed E-state index contributed by atoms with van der Waals surface area (Å²) in [5, 5.41) is 8.28. The second-order valence-electron chi connectivity index (χ2n) is 3.14. The van der Waals surface area contributed by atoms with Crippen LogP contribution in [0.15, 0.2) is 0 Å². The summed E-state index contributed by atoms with van der Waals surface area (Å²) in [7, 11) is -3.32. The highest BCUT2D eigenvalue weighted by Crippen LogP contribution is 2.01. The molecule has 5 nitrogen and oxygen atoms in total. The summed E-state index contributed by atoms with van der Waals surface area (Å²) in [4.78, 5) is 20.6. The van der Waals surface area contributed by atoms with Gasteiger partial charge in [0.05, 0.1) is 5.75 Å². The van der Waals surface area contributed by atoms with E-state index in [-0.39, 0.29) is 18.0 Å². The molecule has 0 spiro atoms. The Balaban J connectivity index is 3.78. The third-order valence-corrected chi connectivity index (χ3v) is 3.28. The molecule has 1 N–H and O–H groups in total. The largest absolute Gasteiger partial charge is 0.481 e. The first-order valence-corrected chi connectivity index (χ1v) is 6.07. The third-order valence-electron chi connectivity index (χ3n) is 1.52. The fourth-order valence-electron chi connectivity index (χ4n) is 0.980. The number of aliphatic carboxylic acids is 1. The van der Waals surface area contributed by atoms with E-state index in [9.17, 15) is 18.0 Å².